The van der Waals surface area contributed by atoms with Gasteiger partial charge in [0.15, 0.2) is 0 Å². The second-order valence-electron chi connectivity index (χ2n) is 4.09. The summed E-state index contributed by atoms with van der Waals surface area (Å²) in [5, 5.41) is 2.56. The van der Waals surface area contributed by atoms with E-state index in [0.717, 1.165) is 4.90 Å². The molecule has 1 heterocycles. The number of nitrogens with one attached hydrogen (secondary N) is 1. The van der Waals surface area contributed by atoms with E-state index in [9.17, 15) is 9.59 Å². The molecule has 6 nitrogen and oxygen atoms in total. The van der Waals surface area contributed by atoms with Crippen LogP contribution in [0.15, 0.2) is 48.7 Å². The highest BCUT2D eigenvalue weighted by atomic mass is 16.2. The summed E-state index contributed by atoms with van der Waals surface area (Å²) in [6, 6.07) is 11.1. The summed E-state index contributed by atoms with van der Waals surface area (Å²) in [4.78, 5) is 28.9. The SMILES string of the molecule is CC(=O)N(C(=O)Nc1ccccn1)c1cccc(N)c1. The number of hydrogen-bond acceptors (Lipinski definition) is 4. The van der Waals surface area contributed by atoms with Crippen molar-refractivity contribution in [2.24, 2.45) is 0 Å². The van der Waals surface area contributed by atoms with E-state index in [4.69, 9.17) is 5.73 Å². The van der Waals surface area contributed by atoms with Crippen molar-refractivity contribution >= 4 is 29.1 Å². The zero-order chi connectivity index (χ0) is 14.5. The summed E-state index contributed by atoms with van der Waals surface area (Å²) in [6.07, 6.45) is 1.55. The zero-order valence-electron chi connectivity index (χ0n) is 10.9. The molecule has 3 amide bonds. The highest BCUT2D eigenvalue weighted by molar-refractivity contribution is 6.17. The number of imide groups is 1. The number of amides is 3. The molecule has 20 heavy (non-hydrogen) atoms. The number of carbonyl (C=O) groups excluding carboxylic acids is 2. The van der Waals surface area contributed by atoms with Crippen molar-refractivity contribution in [1.82, 2.24) is 4.98 Å². The first-order valence-corrected chi connectivity index (χ1v) is 5.96. The molecule has 0 bridgehead atoms. The molecule has 0 aliphatic rings. The largest absolute Gasteiger partial charge is 0.399 e. The highest BCUT2D eigenvalue weighted by Gasteiger charge is 2.20. The molecule has 0 radical (unpaired) electrons. The summed E-state index contributed by atoms with van der Waals surface area (Å²) in [5.74, 6) is -0.0447. The fraction of sp³-hybridized carbons (Fsp3) is 0.0714. The minimum Gasteiger partial charge on any atom is -0.399 e. The molecule has 3 N–H and O–H groups in total. The number of anilines is 3. The van der Waals surface area contributed by atoms with E-state index in [-0.39, 0.29) is 0 Å². The second-order valence-corrected chi connectivity index (χ2v) is 4.09. The lowest BCUT2D eigenvalue weighted by Gasteiger charge is -2.19. The third-order valence-electron chi connectivity index (χ3n) is 2.55. The lowest BCUT2D eigenvalue weighted by Crippen LogP contribution is -2.38. The molecule has 1 aromatic heterocycles. The molecule has 0 spiro atoms. The standard InChI is InChI=1S/C14H14N4O2/c1-10(19)18(12-6-4-5-11(15)9-12)14(20)17-13-7-2-3-8-16-13/h2-9H,15H2,1H3,(H,16,17,20). The predicted molar refractivity (Wildman–Crippen MR) is 77.3 cm³/mol. The molecule has 1 aromatic carbocycles. The molecule has 0 aliphatic carbocycles. The Morgan fingerprint density at radius 2 is 2.00 bits per heavy atom. The molecule has 0 saturated carbocycles. The maximum atomic E-state index is 12.2. The van der Waals surface area contributed by atoms with Gasteiger partial charge in [0, 0.05) is 18.8 Å². The molecule has 0 fully saturated rings. The van der Waals surface area contributed by atoms with Crippen LogP contribution < -0.4 is 16.0 Å². The molecule has 0 saturated heterocycles. The van der Waals surface area contributed by atoms with Crippen LogP contribution >= 0.6 is 0 Å². The van der Waals surface area contributed by atoms with Crippen molar-refractivity contribution in [3.8, 4) is 0 Å². The van der Waals surface area contributed by atoms with Gasteiger partial charge in [-0.2, -0.15) is 0 Å². The Balaban J connectivity index is 2.25. The van der Waals surface area contributed by atoms with Crippen LogP contribution in [0.2, 0.25) is 0 Å². The first kappa shape index (κ1) is 13.5. The normalized spacial score (nSPS) is 9.85. The maximum Gasteiger partial charge on any atom is 0.334 e. The van der Waals surface area contributed by atoms with Gasteiger partial charge < -0.3 is 5.73 Å². The average molecular weight is 270 g/mol. The average Bonchev–Trinajstić information content (AvgIpc) is 2.39. The van der Waals surface area contributed by atoms with Crippen LogP contribution in [0.1, 0.15) is 6.92 Å². The van der Waals surface area contributed by atoms with Gasteiger partial charge in [0.05, 0.1) is 5.69 Å². The van der Waals surface area contributed by atoms with E-state index in [0.29, 0.717) is 17.2 Å². The third-order valence-corrected chi connectivity index (χ3v) is 2.55. The number of pyridine rings is 1. The van der Waals surface area contributed by atoms with Gasteiger partial charge in [-0.15, -0.1) is 0 Å². The van der Waals surface area contributed by atoms with Crippen LogP contribution in [0.3, 0.4) is 0 Å². The van der Waals surface area contributed by atoms with Crippen LogP contribution in [-0.4, -0.2) is 16.9 Å². The van der Waals surface area contributed by atoms with Crippen molar-refractivity contribution in [3.63, 3.8) is 0 Å². The summed E-state index contributed by atoms with van der Waals surface area (Å²) in [6.45, 7) is 1.31. The number of rotatable bonds is 2. The topological polar surface area (TPSA) is 88.3 Å². The smallest absolute Gasteiger partial charge is 0.334 e. The third kappa shape index (κ3) is 3.11. The predicted octanol–water partition coefficient (Wildman–Crippen LogP) is 2.25. The number of urea groups is 1. The Bertz CT molecular complexity index is 628. The molecule has 102 valence electrons. The van der Waals surface area contributed by atoms with Crippen LogP contribution in [0.5, 0.6) is 0 Å². The first-order chi connectivity index (χ1) is 9.58. The Hall–Kier alpha value is -2.89. The van der Waals surface area contributed by atoms with E-state index < -0.39 is 11.9 Å². The van der Waals surface area contributed by atoms with Crippen molar-refractivity contribution in [3.05, 3.63) is 48.7 Å². The van der Waals surface area contributed by atoms with Gasteiger partial charge in [0.2, 0.25) is 5.91 Å². The number of nitrogens with two attached hydrogens (primary N) is 1. The van der Waals surface area contributed by atoms with Crippen LogP contribution in [0.25, 0.3) is 0 Å². The summed E-state index contributed by atoms with van der Waals surface area (Å²) in [5.41, 5.74) is 6.55. The molecule has 2 rings (SSSR count). The van der Waals surface area contributed by atoms with Gasteiger partial charge in [-0.3, -0.25) is 10.1 Å². The van der Waals surface area contributed by atoms with Gasteiger partial charge in [-0.25, -0.2) is 14.7 Å². The van der Waals surface area contributed by atoms with Crippen molar-refractivity contribution < 1.29 is 9.59 Å². The van der Waals surface area contributed by atoms with Crippen LogP contribution in [0.4, 0.5) is 22.0 Å². The van der Waals surface area contributed by atoms with Crippen molar-refractivity contribution in [1.29, 1.82) is 0 Å². The van der Waals surface area contributed by atoms with Crippen LogP contribution in [-0.2, 0) is 4.79 Å². The minimum absolute atomic E-state index is 0.368. The fourth-order valence-electron chi connectivity index (χ4n) is 1.71. The summed E-state index contributed by atoms with van der Waals surface area (Å²) >= 11 is 0. The summed E-state index contributed by atoms with van der Waals surface area (Å²) < 4.78 is 0. The van der Waals surface area contributed by atoms with Gasteiger partial charge in [0.25, 0.3) is 0 Å². The van der Waals surface area contributed by atoms with E-state index in [2.05, 4.69) is 10.3 Å². The Labute approximate surface area is 116 Å². The van der Waals surface area contributed by atoms with Crippen LogP contribution in [0, 0.1) is 0 Å². The number of hydrogen-bond donors (Lipinski definition) is 2. The number of aromatic nitrogens is 1. The monoisotopic (exact) mass is 270 g/mol. The fourth-order valence-corrected chi connectivity index (χ4v) is 1.71. The molecule has 2 aromatic rings. The second kappa shape index (κ2) is 5.83. The highest BCUT2D eigenvalue weighted by Crippen LogP contribution is 2.18. The van der Waals surface area contributed by atoms with E-state index in [1.54, 1.807) is 48.7 Å². The molecular formula is C14H14N4O2. The van der Waals surface area contributed by atoms with E-state index >= 15 is 0 Å². The number of benzene rings is 1. The van der Waals surface area contributed by atoms with Gasteiger partial charge in [-0.05, 0) is 30.3 Å². The lowest BCUT2D eigenvalue weighted by molar-refractivity contribution is -0.115. The first-order valence-electron chi connectivity index (χ1n) is 5.96. The van der Waals surface area contributed by atoms with E-state index in [1.165, 1.54) is 6.92 Å². The molecule has 0 atom stereocenters. The quantitative estimate of drug-likeness (QED) is 0.819. The Morgan fingerprint density at radius 3 is 2.60 bits per heavy atom. The van der Waals surface area contributed by atoms with Gasteiger partial charge in [0.1, 0.15) is 5.82 Å². The molecule has 0 aliphatic heterocycles. The zero-order valence-corrected chi connectivity index (χ0v) is 10.9. The number of nitrogens with zero attached hydrogens (tertiary/aromatic N) is 2. The lowest BCUT2D eigenvalue weighted by atomic mass is 10.2. The Kier molecular flexibility index (Phi) is 3.95. The molecular weight excluding hydrogens is 256 g/mol. The minimum atomic E-state index is -0.582. The van der Waals surface area contributed by atoms with Gasteiger partial charge >= 0.3 is 6.03 Å². The Morgan fingerprint density at radius 1 is 1.20 bits per heavy atom. The molecule has 6 heteroatoms. The van der Waals surface area contributed by atoms with Crippen molar-refractivity contribution in [2.75, 3.05) is 16.0 Å². The number of nitrogen functional groups attached to an aromatic ring is 1. The summed E-state index contributed by atoms with van der Waals surface area (Å²) in [7, 11) is 0. The molecule has 0 unspecified atom stereocenters. The van der Waals surface area contributed by atoms with E-state index in [1.807, 2.05) is 0 Å². The van der Waals surface area contributed by atoms with Crippen molar-refractivity contribution in [2.45, 2.75) is 6.92 Å². The van der Waals surface area contributed by atoms with Gasteiger partial charge in [-0.1, -0.05) is 12.1 Å². The maximum absolute atomic E-state index is 12.2. The number of carbonyl (C=O) groups is 2.